The fourth-order valence-corrected chi connectivity index (χ4v) is 2.64. The molecule has 1 aromatic heterocycles. The molecular formula is C12H25ClN4O2S. The molecule has 3 N–H and O–H groups in total. The van der Waals surface area contributed by atoms with E-state index in [1.54, 1.807) is 4.68 Å². The predicted molar refractivity (Wildman–Crippen MR) is 82.5 cm³/mol. The summed E-state index contributed by atoms with van der Waals surface area (Å²) in [6, 6.07) is 0.129. The van der Waals surface area contributed by atoms with Crippen molar-refractivity contribution in [2.75, 3.05) is 6.54 Å². The normalized spacial score (nSPS) is 12.5. The maximum absolute atomic E-state index is 12.1. The van der Waals surface area contributed by atoms with Crippen LogP contribution in [0.2, 0.25) is 0 Å². The van der Waals surface area contributed by atoms with Crippen LogP contribution in [0.15, 0.2) is 17.3 Å². The molecule has 0 fully saturated rings. The number of hydrogen-bond acceptors (Lipinski definition) is 4. The number of hydrogen-bond donors (Lipinski definition) is 2. The van der Waals surface area contributed by atoms with Crippen LogP contribution in [-0.4, -0.2) is 30.3 Å². The Morgan fingerprint density at radius 1 is 1.40 bits per heavy atom. The lowest BCUT2D eigenvalue weighted by Gasteiger charge is -2.26. The summed E-state index contributed by atoms with van der Waals surface area (Å²) in [6.45, 7) is 8.02. The van der Waals surface area contributed by atoms with Gasteiger partial charge in [-0.3, -0.25) is 4.68 Å². The van der Waals surface area contributed by atoms with Crippen molar-refractivity contribution in [2.24, 2.45) is 5.73 Å². The van der Waals surface area contributed by atoms with Gasteiger partial charge in [-0.05, 0) is 26.7 Å². The average molecular weight is 325 g/mol. The molecule has 1 heterocycles. The van der Waals surface area contributed by atoms with Gasteiger partial charge in [-0.2, -0.15) is 5.10 Å². The maximum Gasteiger partial charge on any atom is 0.243 e. The van der Waals surface area contributed by atoms with Crippen LogP contribution in [0.25, 0.3) is 0 Å². The van der Waals surface area contributed by atoms with Crippen molar-refractivity contribution in [2.45, 2.75) is 57.0 Å². The highest BCUT2D eigenvalue weighted by molar-refractivity contribution is 7.89. The molecule has 1 rings (SSSR count). The third kappa shape index (κ3) is 4.73. The fourth-order valence-electron chi connectivity index (χ4n) is 1.56. The van der Waals surface area contributed by atoms with E-state index >= 15 is 0 Å². The molecule has 0 saturated heterocycles. The second kappa shape index (κ2) is 7.40. The van der Waals surface area contributed by atoms with Gasteiger partial charge in [-0.15, -0.1) is 12.4 Å². The van der Waals surface area contributed by atoms with E-state index in [1.165, 1.54) is 12.4 Å². The van der Waals surface area contributed by atoms with Crippen molar-refractivity contribution in [3.63, 3.8) is 0 Å². The van der Waals surface area contributed by atoms with Crippen molar-refractivity contribution in [3.05, 3.63) is 12.4 Å². The number of rotatable bonds is 7. The van der Waals surface area contributed by atoms with Crippen molar-refractivity contribution in [1.29, 1.82) is 0 Å². The third-order valence-corrected chi connectivity index (χ3v) is 4.80. The number of nitrogens with zero attached hydrogens (tertiary/aromatic N) is 2. The molecule has 0 aliphatic heterocycles. The van der Waals surface area contributed by atoms with Gasteiger partial charge in [0.15, 0.2) is 0 Å². The van der Waals surface area contributed by atoms with Crippen LogP contribution in [0.4, 0.5) is 0 Å². The molecule has 0 aliphatic carbocycles. The van der Waals surface area contributed by atoms with Crippen LogP contribution < -0.4 is 10.5 Å². The molecule has 0 radical (unpaired) electrons. The van der Waals surface area contributed by atoms with E-state index in [1.807, 2.05) is 27.7 Å². The summed E-state index contributed by atoms with van der Waals surface area (Å²) in [4.78, 5) is 0.177. The van der Waals surface area contributed by atoms with Crippen molar-refractivity contribution in [3.8, 4) is 0 Å². The number of nitrogens with two attached hydrogens (primary N) is 1. The Bertz CT molecular complexity index is 509. The van der Waals surface area contributed by atoms with Gasteiger partial charge >= 0.3 is 0 Å². The summed E-state index contributed by atoms with van der Waals surface area (Å²) in [5.74, 6) is 0. The molecular weight excluding hydrogens is 300 g/mol. The lowest BCUT2D eigenvalue weighted by Crippen LogP contribution is -2.49. The molecule has 8 heteroatoms. The molecule has 0 amide bonds. The Hall–Kier alpha value is -0.630. The first-order chi connectivity index (χ1) is 8.74. The molecule has 0 spiro atoms. The van der Waals surface area contributed by atoms with Crippen molar-refractivity contribution >= 4 is 22.4 Å². The summed E-state index contributed by atoms with van der Waals surface area (Å²) >= 11 is 0. The van der Waals surface area contributed by atoms with Gasteiger partial charge in [0.25, 0.3) is 0 Å². The molecule has 0 aromatic carbocycles. The van der Waals surface area contributed by atoms with Gasteiger partial charge in [0.05, 0.1) is 6.20 Å². The predicted octanol–water partition coefficient (Wildman–Crippen LogP) is 1.68. The Kier molecular flexibility index (Phi) is 7.17. The SMILES string of the molecule is CCC(N)(CC)CNS(=O)(=O)c1cnn(C(C)C)c1.Cl. The van der Waals surface area contributed by atoms with E-state index in [4.69, 9.17) is 5.73 Å². The lowest BCUT2D eigenvalue weighted by molar-refractivity contribution is 0.391. The van der Waals surface area contributed by atoms with Gasteiger partial charge in [0.2, 0.25) is 10.0 Å². The van der Waals surface area contributed by atoms with Gasteiger partial charge in [0, 0.05) is 24.3 Å². The van der Waals surface area contributed by atoms with E-state index in [0.29, 0.717) is 0 Å². The maximum atomic E-state index is 12.1. The van der Waals surface area contributed by atoms with Crippen LogP contribution >= 0.6 is 12.4 Å². The summed E-state index contributed by atoms with van der Waals surface area (Å²) in [5.41, 5.74) is 5.59. The summed E-state index contributed by atoms with van der Waals surface area (Å²) in [6.07, 6.45) is 4.33. The first kappa shape index (κ1) is 19.4. The van der Waals surface area contributed by atoms with E-state index < -0.39 is 15.6 Å². The number of halogens is 1. The highest BCUT2D eigenvalue weighted by Crippen LogP contribution is 2.14. The smallest absolute Gasteiger partial charge is 0.243 e. The molecule has 0 atom stereocenters. The van der Waals surface area contributed by atoms with E-state index in [2.05, 4.69) is 9.82 Å². The molecule has 0 unspecified atom stereocenters. The molecule has 1 aromatic rings. The van der Waals surface area contributed by atoms with Crippen LogP contribution in [0.5, 0.6) is 0 Å². The first-order valence-corrected chi connectivity index (χ1v) is 8.05. The molecule has 20 heavy (non-hydrogen) atoms. The minimum absolute atomic E-state index is 0. The van der Waals surface area contributed by atoms with Crippen LogP contribution in [0.1, 0.15) is 46.6 Å². The summed E-state index contributed by atoms with van der Waals surface area (Å²) < 4.78 is 28.4. The minimum Gasteiger partial charge on any atom is -0.324 e. The largest absolute Gasteiger partial charge is 0.324 e. The minimum atomic E-state index is -3.54. The number of sulfonamides is 1. The van der Waals surface area contributed by atoms with Crippen molar-refractivity contribution < 1.29 is 8.42 Å². The monoisotopic (exact) mass is 324 g/mol. The Morgan fingerprint density at radius 3 is 2.35 bits per heavy atom. The second-order valence-electron chi connectivity index (χ2n) is 5.14. The van der Waals surface area contributed by atoms with E-state index in [9.17, 15) is 8.42 Å². The van der Waals surface area contributed by atoms with E-state index in [0.717, 1.165) is 12.8 Å². The number of nitrogens with one attached hydrogen (secondary N) is 1. The molecule has 0 aliphatic rings. The average Bonchev–Trinajstić information content (AvgIpc) is 2.86. The van der Waals surface area contributed by atoms with Gasteiger partial charge in [-0.1, -0.05) is 13.8 Å². The Morgan fingerprint density at radius 2 is 1.95 bits per heavy atom. The Balaban J connectivity index is 0.00000361. The topological polar surface area (TPSA) is 90.0 Å². The van der Waals surface area contributed by atoms with Crippen LogP contribution in [0, 0.1) is 0 Å². The molecule has 0 bridgehead atoms. The van der Waals surface area contributed by atoms with Gasteiger partial charge < -0.3 is 5.73 Å². The Labute approximate surface area is 127 Å². The highest BCUT2D eigenvalue weighted by Gasteiger charge is 2.24. The van der Waals surface area contributed by atoms with Crippen molar-refractivity contribution in [1.82, 2.24) is 14.5 Å². The number of aromatic nitrogens is 2. The van der Waals surface area contributed by atoms with Crippen LogP contribution in [-0.2, 0) is 10.0 Å². The lowest BCUT2D eigenvalue weighted by atomic mass is 9.95. The second-order valence-corrected chi connectivity index (χ2v) is 6.91. The molecule has 6 nitrogen and oxygen atoms in total. The summed E-state index contributed by atoms with van der Waals surface area (Å²) in [5, 5.41) is 4.03. The molecule has 0 saturated carbocycles. The van der Waals surface area contributed by atoms with Gasteiger partial charge in [0.1, 0.15) is 4.90 Å². The van der Waals surface area contributed by atoms with Crippen LogP contribution in [0.3, 0.4) is 0 Å². The quantitative estimate of drug-likeness (QED) is 0.798. The van der Waals surface area contributed by atoms with E-state index in [-0.39, 0.29) is 29.9 Å². The zero-order chi connectivity index (χ0) is 14.7. The highest BCUT2D eigenvalue weighted by atomic mass is 35.5. The zero-order valence-corrected chi connectivity index (χ0v) is 14.1. The fraction of sp³-hybridized carbons (Fsp3) is 0.750. The summed E-state index contributed by atoms with van der Waals surface area (Å²) in [7, 11) is -3.54. The zero-order valence-electron chi connectivity index (χ0n) is 12.5. The third-order valence-electron chi connectivity index (χ3n) is 3.44. The molecule has 118 valence electrons. The first-order valence-electron chi connectivity index (χ1n) is 6.57. The van der Waals surface area contributed by atoms with Gasteiger partial charge in [-0.25, -0.2) is 13.1 Å². The standard InChI is InChI=1S/C12H24N4O2S.ClH/c1-5-12(13,6-2)9-15-19(17,18)11-7-14-16(8-11)10(3)4;/h7-8,10,15H,5-6,9,13H2,1-4H3;1H.